The number of carbonyl (C=O) groups is 2. The lowest BCUT2D eigenvalue weighted by molar-refractivity contribution is -0.127. The minimum absolute atomic E-state index is 0.152. The van der Waals surface area contributed by atoms with Gasteiger partial charge in [-0.3, -0.25) is 14.4 Å². The minimum atomic E-state index is -0.268. The highest BCUT2D eigenvalue weighted by Gasteiger charge is 2.42. The normalized spacial score (nSPS) is 27.3. The quantitative estimate of drug-likeness (QED) is 0.852. The molecule has 1 N–H and O–H groups in total. The number of hydrogen-bond acceptors (Lipinski definition) is 4. The van der Waals surface area contributed by atoms with Gasteiger partial charge < -0.3 is 14.8 Å². The maximum Gasteiger partial charge on any atom is 0.272 e. The van der Waals surface area contributed by atoms with Crippen molar-refractivity contribution < 1.29 is 9.59 Å². The third-order valence-electron chi connectivity index (χ3n) is 5.25. The molecule has 3 aliphatic rings. The summed E-state index contributed by atoms with van der Waals surface area (Å²) in [4.78, 5) is 47.0. The van der Waals surface area contributed by atoms with Crippen LogP contribution in [0, 0.1) is 5.92 Å². The van der Waals surface area contributed by atoms with E-state index in [1.165, 1.54) is 6.07 Å². The van der Waals surface area contributed by atoms with Gasteiger partial charge in [-0.2, -0.15) is 0 Å². The fourth-order valence-corrected chi connectivity index (χ4v) is 3.77. The Morgan fingerprint density at radius 3 is 2.83 bits per heavy atom. The summed E-state index contributed by atoms with van der Waals surface area (Å²) in [7, 11) is 1.84. The van der Waals surface area contributed by atoms with Gasteiger partial charge in [-0.1, -0.05) is 0 Å². The Bertz CT molecular complexity index is 724. The van der Waals surface area contributed by atoms with Crippen LogP contribution in [-0.4, -0.2) is 57.8 Å². The van der Waals surface area contributed by atoms with Crippen LogP contribution in [-0.2, 0) is 4.79 Å². The summed E-state index contributed by atoms with van der Waals surface area (Å²) in [5.74, 6) is 1.07. The van der Waals surface area contributed by atoms with Crippen molar-refractivity contribution in [1.29, 1.82) is 0 Å². The summed E-state index contributed by atoms with van der Waals surface area (Å²) in [5.41, 5.74) is -0.0392. The molecule has 0 bridgehead atoms. The van der Waals surface area contributed by atoms with E-state index >= 15 is 0 Å². The molecule has 3 fully saturated rings. The van der Waals surface area contributed by atoms with Crippen molar-refractivity contribution in [3.63, 3.8) is 0 Å². The Kier molecular flexibility index (Phi) is 3.25. The lowest BCUT2D eigenvalue weighted by Gasteiger charge is -2.36. The zero-order valence-electron chi connectivity index (χ0n) is 13.1. The summed E-state index contributed by atoms with van der Waals surface area (Å²) >= 11 is 0. The van der Waals surface area contributed by atoms with Gasteiger partial charge in [0.2, 0.25) is 5.91 Å². The minimum Gasteiger partial charge on any atom is -0.342 e. The molecule has 0 spiro atoms. The van der Waals surface area contributed by atoms with E-state index in [0.717, 1.165) is 19.3 Å². The molecule has 3 heterocycles. The van der Waals surface area contributed by atoms with E-state index in [1.54, 1.807) is 4.90 Å². The van der Waals surface area contributed by atoms with Gasteiger partial charge in [0.25, 0.3) is 11.5 Å². The highest BCUT2D eigenvalue weighted by molar-refractivity contribution is 5.92. The van der Waals surface area contributed by atoms with Gasteiger partial charge >= 0.3 is 0 Å². The molecule has 0 radical (unpaired) electrons. The topological polar surface area (TPSA) is 86.4 Å². The van der Waals surface area contributed by atoms with Crippen LogP contribution in [0.5, 0.6) is 0 Å². The van der Waals surface area contributed by atoms with E-state index in [1.807, 2.05) is 11.9 Å². The Labute approximate surface area is 133 Å². The Morgan fingerprint density at radius 1 is 1.30 bits per heavy atom. The van der Waals surface area contributed by atoms with Crippen LogP contribution in [0.25, 0.3) is 0 Å². The first-order valence-electron chi connectivity index (χ1n) is 8.19. The average molecular weight is 316 g/mol. The SMILES string of the molecule is CN1C(=O)C[C@H]2CN(C(=O)c3cc(=O)[nH]c(C4CC4)n3)CC[C@H]21. The smallest absolute Gasteiger partial charge is 0.272 e. The van der Waals surface area contributed by atoms with Crippen LogP contribution in [0.1, 0.15) is 47.9 Å². The second kappa shape index (κ2) is 5.18. The number of nitrogens with zero attached hydrogens (tertiary/aromatic N) is 3. The molecule has 0 aromatic carbocycles. The molecular weight excluding hydrogens is 296 g/mol. The van der Waals surface area contributed by atoms with Crippen molar-refractivity contribution in [2.75, 3.05) is 20.1 Å². The molecule has 0 unspecified atom stereocenters. The first-order chi connectivity index (χ1) is 11.0. The van der Waals surface area contributed by atoms with Crippen LogP contribution in [0.15, 0.2) is 10.9 Å². The summed E-state index contributed by atoms with van der Waals surface area (Å²) in [6.45, 7) is 1.16. The number of H-pyrrole nitrogens is 1. The Balaban J connectivity index is 1.54. The molecule has 2 saturated heterocycles. The predicted molar refractivity (Wildman–Crippen MR) is 82.0 cm³/mol. The number of fused-ring (bicyclic) bond motifs is 1. The van der Waals surface area contributed by atoms with Gasteiger partial charge in [-0.25, -0.2) is 4.98 Å². The van der Waals surface area contributed by atoms with Gasteiger partial charge in [0.05, 0.1) is 0 Å². The van der Waals surface area contributed by atoms with Crippen molar-refractivity contribution in [3.8, 4) is 0 Å². The van der Waals surface area contributed by atoms with E-state index in [-0.39, 0.29) is 35.0 Å². The van der Waals surface area contributed by atoms with Crippen molar-refractivity contribution in [1.82, 2.24) is 19.8 Å². The van der Waals surface area contributed by atoms with E-state index in [4.69, 9.17) is 0 Å². The molecule has 2 aliphatic heterocycles. The number of aromatic nitrogens is 2. The second-order valence-electron chi connectivity index (χ2n) is 6.87. The lowest BCUT2D eigenvalue weighted by atomic mass is 9.92. The lowest BCUT2D eigenvalue weighted by Crippen LogP contribution is -2.47. The molecule has 1 aromatic rings. The molecule has 7 nitrogen and oxygen atoms in total. The monoisotopic (exact) mass is 316 g/mol. The first-order valence-corrected chi connectivity index (χ1v) is 8.19. The summed E-state index contributed by atoms with van der Waals surface area (Å²) in [6.07, 6.45) is 3.32. The molecule has 1 aliphatic carbocycles. The zero-order valence-corrected chi connectivity index (χ0v) is 13.1. The fourth-order valence-electron chi connectivity index (χ4n) is 3.77. The van der Waals surface area contributed by atoms with Crippen molar-refractivity contribution in [3.05, 3.63) is 27.9 Å². The summed E-state index contributed by atoms with van der Waals surface area (Å²) in [6, 6.07) is 1.52. The number of aromatic amines is 1. The van der Waals surface area contributed by atoms with Crippen molar-refractivity contribution >= 4 is 11.8 Å². The van der Waals surface area contributed by atoms with Crippen LogP contribution < -0.4 is 5.56 Å². The predicted octanol–water partition coefficient (Wildman–Crippen LogP) is 0.340. The van der Waals surface area contributed by atoms with E-state index in [2.05, 4.69) is 9.97 Å². The maximum atomic E-state index is 12.7. The molecule has 1 aromatic heterocycles. The largest absolute Gasteiger partial charge is 0.342 e. The number of likely N-dealkylation sites (tertiary alicyclic amines) is 2. The molecule has 7 heteroatoms. The molecule has 122 valence electrons. The molecule has 2 atom stereocenters. The van der Waals surface area contributed by atoms with E-state index in [0.29, 0.717) is 31.3 Å². The van der Waals surface area contributed by atoms with Crippen LogP contribution >= 0.6 is 0 Å². The first kappa shape index (κ1) is 14.4. The van der Waals surface area contributed by atoms with E-state index in [9.17, 15) is 14.4 Å². The Morgan fingerprint density at radius 2 is 2.09 bits per heavy atom. The molecule has 23 heavy (non-hydrogen) atoms. The highest BCUT2D eigenvalue weighted by Crippen LogP contribution is 2.37. The van der Waals surface area contributed by atoms with Crippen LogP contribution in [0.3, 0.4) is 0 Å². The van der Waals surface area contributed by atoms with Crippen LogP contribution in [0.2, 0.25) is 0 Å². The number of nitrogens with one attached hydrogen (secondary N) is 1. The molecular formula is C16H20N4O3. The molecule has 1 saturated carbocycles. The zero-order chi connectivity index (χ0) is 16.1. The van der Waals surface area contributed by atoms with Crippen LogP contribution in [0.4, 0.5) is 0 Å². The fraction of sp³-hybridized carbons (Fsp3) is 0.625. The van der Waals surface area contributed by atoms with Gasteiger partial charge in [0.1, 0.15) is 11.5 Å². The third-order valence-corrected chi connectivity index (χ3v) is 5.25. The highest BCUT2D eigenvalue weighted by atomic mass is 16.2. The maximum absolute atomic E-state index is 12.7. The van der Waals surface area contributed by atoms with Crippen molar-refractivity contribution in [2.24, 2.45) is 5.92 Å². The number of amides is 2. The van der Waals surface area contributed by atoms with Gasteiger partial charge in [-0.15, -0.1) is 0 Å². The third kappa shape index (κ3) is 2.54. The second-order valence-corrected chi connectivity index (χ2v) is 6.87. The number of piperidine rings is 1. The standard InChI is InChI=1S/C16H20N4O3/c1-19-12-4-5-20(8-10(12)6-14(19)22)16(23)11-7-13(21)18-15(17-11)9-2-3-9/h7,9-10,12H,2-6,8H2,1H3,(H,17,18,21)/t10-,12+/m0/s1. The van der Waals surface area contributed by atoms with Gasteiger partial charge in [0.15, 0.2) is 0 Å². The number of carbonyl (C=O) groups excluding carboxylic acids is 2. The molecule has 2 amide bonds. The number of hydrogen-bond donors (Lipinski definition) is 1. The number of rotatable bonds is 2. The Hall–Kier alpha value is -2.18. The van der Waals surface area contributed by atoms with Gasteiger partial charge in [-0.05, 0) is 19.3 Å². The average Bonchev–Trinajstić information content (AvgIpc) is 3.34. The van der Waals surface area contributed by atoms with Gasteiger partial charge in [0, 0.05) is 50.5 Å². The van der Waals surface area contributed by atoms with Crippen molar-refractivity contribution in [2.45, 2.75) is 37.6 Å². The van der Waals surface area contributed by atoms with E-state index < -0.39 is 0 Å². The molecule has 4 rings (SSSR count). The summed E-state index contributed by atoms with van der Waals surface area (Å²) in [5, 5.41) is 0. The summed E-state index contributed by atoms with van der Waals surface area (Å²) < 4.78 is 0.